The molecular formula is C25H20ClN3O4S. The number of halogens is 1. The van der Waals surface area contributed by atoms with Crippen LogP contribution in [0.4, 0.5) is 11.4 Å². The highest BCUT2D eigenvalue weighted by Gasteiger charge is 2.36. The molecule has 0 bridgehead atoms. The predicted molar refractivity (Wildman–Crippen MR) is 135 cm³/mol. The maximum absolute atomic E-state index is 12.7. The number of hydrogen-bond acceptors (Lipinski definition) is 5. The molecule has 1 heterocycles. The molecule has 0 saturated heterocycles. The number of imide groups is 1. The van der Waals surface area contributed by atoms with Crippen LogP contribution in [-0.2, 0) is 0 Å². The molecule has 0 unspecified atom stereocenters. The Morgan fingerprint density at radius 1 is 1.00 bits per heavy atom. The van der Waals surface area contributed by atoms with E-state index in [4.69, 9.17) is 28.6 Å². The molecule has 34 heavy (non-hydrogen) atoms. The van der Waals surface area contributed by atoms with E-state index in [0.717, 1.165) is 11.3 Å². The summed E-state index contributed by atoms with van der Waals surface area (Å²) >= 11 is 11.6. The van der Waals surface area contributed by atoms with Gasteiger partial charge in [0.2, 0.25) is 0 Å². The fourth-order valence-electron chi connectivity index (χ4n) is 3.42. The van der Waals surface area contributed by atoms with Gasteiger partial charge in [-0.1, -0.05) is 30.7 Å². The number of benzene rings is 3. The van der Waals surface area contributed by atoms with Crippen molar-refractivity contribution >= 4 is 58.0 Å². The lowest BCUT2D eigenvalue weighted by molar-refractivity contribution is 0.0923. The van der Waals surface area contributed by atoms with E-state index in [0.29, 0.717) is 40.4 Å². The van der Waals surface area contributed by atoms with Gasteiger partial charge in [-0.05, 0) is 73.2 Å². The molecule has 172 valence electrons. The average molecular weight is 494 g/mol. The lowest BCUT2D eigenvalue weighted by atomic mass is 10.1. The largest absolute Gasteiger partial charge is 0.494 e. The van der Waals surface area contributed by atoms with E-state index in [1.807, 2.05) is 6.92 Å². The number of rotatable bonds is 6. The second-order valence-corrected chi connectivity index (χ2v) is 8.25. The fourth-order valence-corrected chi connectivity index (χ4v) is 3.84. The van der Waals surface area contributed by atoms with Crippen molar-refractivity contribution in [3.8, 4) is 5.75 Å². The van der Waals surface area contributed by atoms with Gasteiger partial charge in [-0.25, -0.2) is 4.90 Å². The highest BCUT2D eigenvalue weighted by atomic mass is 35.5. The van der Waals surface area contributed by atoms with E-state index < -0.39 is 17.7 Å². The highest BCUT2D eigenvalue weighted by molar-refractivity contribution is 7.80. The second kappa shape index (κ2) is 10.0. The highest BCUT2D eigenvalue weighted by Crippen LogP contribution is 2.32. The summed E-state index contributed by atoms with van der Waals surface area (Å²) in [5.74, 6) is -0.528. The minimum atomic E-state index is -0.411. The van der Waals surface area contributed by atoms with Crippen molar-refractivity contribution in [3.05, 3.63) is 88.4 Å². The monoisotopic (exact) mass is 493 g/mol. The van der Waals surface area contributed by atoms with Crippen molar-refractivity contribution in [2.75, 3.05) is 16.8 Å². The summed E-state index contributed by atoms with van der Waals surface area (Å²) in [4.78, 5) is 38.9. The Labute approximate surface area is 206 Å². The number of thiocarbonyl (C=S) groups is 1. The first kappa shape index (κ1) is 23.4. The van der Waals surface area contributed by atoms with E-state index in [1.54, 1.807) is 60.7 Å². The Bertz CT molecular complexity index is 1260. The Balaban J connectivity index is 1.41. The quantitative estimate of drug-likeness (QED) is 0.369. The minimum absolute atomic E-state index is 0.0479. The van der Waals surface area contributed by atoms with E-state index in [-0.39, 0.29) is 10.1 Å². The van der Waals surface area contributed by atoms with Gasteiger partial charge >= 0.3 is 0 Å². The lowest BCUT2D eigenvalue weighted by Crippen LogP contribution is -2.34. The Hall–Kier alpha value is -3.75. The number of fused-ring (bicyclic) bond motifs is 1. The normalized spacial score (nSPS) is 12.4. The molecule has 3 amide bonds. The predicted octanol–water partition coefficient (Wildman–Crippen LogP) is 5.06. The number of carbonyl (C=O) groups excluding carboxylic acids is 3. The van der Waals surface area contributed by atoms with Crippen molar-refractivity contribution in [3.63, 3.8) is 0 Å². The Kier molecular flexibility index (Phi) is 6.90. The van der Waals surface area contributed by atoms with Gasteiger partial charge in [0.15, 0.2) is 5.11 Å². The number of hydrogen-bond donors (Lipinski definition) is 2. The zero-order valence-electron chi connectivity index (χ0n) is 18.1. The minimum Gasteiger partial charge on any atom is -0.494 e. The SMILES string of the molecule is CCCOc1ccc(C(=O)NC(=S)Nc2ccc(N3C(=O)c4ccccc4C3=O)cc2Cl)cc1. The summed E-state index contributed by atoms with van der Waals surface area (Å²) in [7, 11) is 0. The van der Waals surface area contributed by atoms with Crippen LogP contribution in [0.15, 0.2) is 66.7 Å². The molecule has 4 rings (SSSR count). The number of amides is 3. The first-order valence-electron chi connectivity index (χ1n) is 10.5. The first-order chi connectivity index (χ1) is 16.4. The summed E-state index contributed by atoms with van der Waals surface area (Å²) < 4.78 is 5.51. The van der Waals surface area contributed by atoms with Crippen LogP contribution in [0.1, 0.15) is 44.4 Å². The fraction of sp³-hybridized carbons (Fsp3) is 0.120. The zero-order chi connectivity index (χ0) is 24.2. The van der Waals surface area contributed by atoms with Crippen LogP contribution in [0.3, 0.4) is 0 Å². The Morgan fingerprint density at radius 3 is 2.24 bits per heavy atom. The smallest absolute Gasteiger partial charge is 0.266 e. The van der Waals surface area contributed by atoms with Gasteiger partial charge in [0.25, 0.3) is 17.7 Å². The van der Waals surface area contributed by atoms with Crippen LogP contribution in [0.25, 0.3) is 0 Å². The number of anilines is 2. The van der Waals surface area contributed by atoms with Gasteiger partial charge < -0.3 is 10.1 Å². The van der Waals surface area contributed by atoms with E-state index >= 15 is 0 Å². The van der Waals surface area contributed by atoms with E-state index in [9.17, 15) is 14.4 Å². The summed E-state index contributed by atoms with van der Waals surface area (Å²) in [5.41, 5.74) is 1.86. The van der Waals surface area contributed by atoms with Crippen LogP contribution >= 0.6 is 23.8 Å². The molecule has 3 aromatic carbocycles. The molecule has 3 aromatic rings. The van der Waals surface area contributed by atoms with Gasteiger partial charge in [0.05, 0.1) is 34.1 Å². The lowest BCUT2D eigenvalue weighted by Gasteiger charge is -2.16. The molecule has 0 aromatic heterocycles. The molecule has 0 radical (unpaired) electrons. The molecule has 7 nitrogen and oxygen atoms in total. The van der Waals surface area contributed by atoms with Gasteiger partial charge in [-0.2, -0.15) is 0 Å². The van der Waals surface area contributed by atoms with E-state index in [1.165, 1.54) is 6.07 Å². The number of nitrogens with zero attached hydrogens (tertiary/aromatic N) is 1. The first-order valence-corrected chi connectivity index (χ1v) is 11.3. The Morgan fingerprint density at radius 2 is 1.65 bits per heavy atom. The summed E-state index contributed by atoms with van der Waals surface area (Å²) in [6.07, 6.45) is 0.893. The van der Waals surface area contributed by atoms with Crippen molar-refractivity contribution in [1.29, 1.82) is 0 Å². The third kappa shape index (κ3) is 4.78. The number of nitrogens with one attached hydrogen (secondary N) is 2. The molecule has 0 aliphatic carbocycles. The standard InChI is InChI=1S/C25H20ClN3O4S/c1-2-13-33-17-10-7-15(8-11-17)22(30)28-25(34)27-21-12-9-16(14-20(21)26)29-23(31)18-5-3-4-6-19(18)24(29)32/h3-12,14H,2,13H2,1H3,(H2,27,28,30,34). The third-order valence-electron chi connectivity index (χ3n) is 5.07. The summed E-state index contributed by atoms with van der Waals surface area (Å²) in [6, 6.07) is 18.0. The van der Waals surface area contributed by atoms with Gasteiger partial charge in [-0.3, -0.25) is 19.7 Å². The molecule has 0 fully saturated rings. The van der Waals surface area contributed by atoms with Crippen LogP contribution < -0.4 is 20.3 Å². The van der Waals surface area contributed by atoms with Crippen LogP contribution in [0.2, 0.25) is 5.02 Å². The van der Waals surface area contributed by atoms with Crippen molar-refractivity contribution in [1.82, 2.24) is 5.32 Å². The summed E-state index contributed by atoms with van der Waals surface area (Å²) in [6.45, 7) is 2.62. The van der Waals surface area contributed by atoms with Crippen molar-refractivity contribution < 1.29 is 19.1 Å². The van der Waals surface area contributed by atoms with Crippen molar-refractivity contribution in [2.24, 2.45) is 0 Å². The molecule has 2 N–H and O–H groups in total. The van der Waals surface area contributed by atoms with Crippen LogP contribution in [0.5, 0.6) is 5.75 Å². The van der Waals surface area contributed by atoms with Crippen molar-refractivity contribution in [2.45, 2.75) is 13.3 Å². The molecule has 0 atom stereocenters. The van der Waals surface area contributed by atoms with Crippen LogP contribution in [-0.4, -0.2) is 29.4 Å². The van der Waals surface area contributed by atoms with Crippen LogP contribution in [0, 0.1) is 0 Å². The third-order valence-corrected chi connectivity index (χ3v) is 5.59. The molecule has 1 aliphatic heterocycles. The molecular weight excluding hydrogens is 474 g/mol. The maximum Gasteiger partial charge on any atom is 0.266 e. The molecule has 0 spiro atoms. The average Bonchev–Trinajstić information content (AvgIpc) is 3.09. The topological polar surface area (TPSA) is 87.7 Å². The maximum atomic E-state index is 12.7. The van der Waals surface area contributed by atoms with Gasteiger partial charge in [0, 0.05) is 5.56 Å². The zero-order valence-corrected chi connectivity index (χ0v) is 19.7. The van der Waals surface area contributed by atoms with E-state index in [2.05, 4.69) is 10.6 Å². The number of ether oxygens (including phenoxy) is 1. The van der Waals surface area contributed by atoms with Gasteiger partial charge in [0.1, 0.15) is 5.75 Å². The molecule has 0 saturated carbocycles. The summed E-state index contributed by atoms with van der Waals surface area (Å²) in [5, 5.41) is 5.73. The number of carbonyl (C=O) groups is 3. The second-order valence-electron chi connectivity index (χ2n) is 7.44. The molecule has 9 heteroatoms. The molecule has 1 aliphatic rings. The van der Waals surface area contributed by atoms with Gasteiger partial charge in [-0.15, -0.1) is 0 Å².